The Balaban J connectivity index is 0. The van der Waals surface area contributed by atoms with E-state index in [-0.39, 0.29) is 56.7 Å². The molecule has 2 aliphatic rings. The first kappa shape index (κ1) is 74.9. The second kappa shape index (κ2) is 41.8. The fourth-order valence-electron chi connectivity index (χ4n) is 6.75. The van der Waals surface area contributed by atoms with Gasteiger partial charge in [-0.2, -0.15) is 42.1 Å². The Labute approximate surface area is 456 Å². The molecule has 0 aromatic carbocycles. The van der Waals surface area contributed by atoms with Gasteiger partial charge in [0, 0.05) is 116 Å². The number of carboxylic acids is 7. The SMILES string of the molecule is O=C(O)CN(CCN(CC(=O)O)CC(=O)O)CC(=O)O.O=C(O)CN(CCN(CC(=O)O)CC(=O)O[C@H](CO)[C@H](S)CS)CC(=O)O.O=S(=O)(O)CCN1CCN(CCO)CC1.O=S(=O)(O)CCN1CCN(CCO)CC1. The molecule has 0 bridgehead atoms. The smallest absolute Gasteiger partial charge is 0.320 e. The summed E-state index contributed by atoms with van der Waals surface area (Å²) in [5.74, 6) is -9.59. The summed E-state index contributed by atoms with van der Waals surface area (Å²) >= 11 is 8.11. The number of rotatable bonds is 36. The Morgan fingerprint density at radius 1 is 0.442 bits per heavy atom. The van der Waals surface area contributed by atoms with Crippen molar-refractivity contribution in [1.29, 1.82) is 0 Å². The molecule has 2 heterocycles. The third-order valence-electron chi connectivity index (χ3n) is 10.5. The van der Waals surface area contributed by atoms with Crippen LogP contribution in [-0.2, 0) is 63.3 Å². The highest BCUT2D eigenvalue weighted by atomic mass is 32.2. The number of piperazine rings is 2. The highest BCUT2D eigenvalue weighted by Gasteiger charge is 2.25. The summed E-state index contributed by atoms with van der Waals surface area (Å²) in [6.45, 7) is 3.95. The Kier molecular flexibility index (Phi) is 40.7. The Hall–Kier alpha value is -4.16. The normalized spacial score (nSPS) is 15.5. The first-order chi connectivity index (χ1) is 35.8. The predicted molar refractivity (Wildman–Crippen MR) is 276 cm³/mol. The molecule has 37 heteroatoms. The lowest BCUT2D eigenvalue weighted by molar-refractivity contribution is -0.153. The summed E-state index contributed by atoms with van der Waals surface area (Å²) in [5.41, 5.74) is 0. The van der Waals surface area contributed by atoms with E-state index in [0.29, 0.717) is 26.2 Å². The molecule has 0 aromatic rings. The minimum Gasteiger partial charge on any atom is -0.480 e. The van der Waals surface area contributed by atoms with E-state index < -0.39 is 138 Å². The van der Waals surface area contributed by atoms with Gasteiger partial charge >= 0.3 is 47.8 Å². The molecule has 33 nitrogen and oxygen atoms in total. The Morgan fingerprint density at radius 2 is 0.675 bits per heavy atom. The number of ether oxygens (including phenoxy) is 1. The molecule has 0 unspecified atom stereocenters. The number of hydrogen-bond acceptors (Lipinski definition) is 26. The number of carboxylic acid groups (broad SMARTS) is 7. The Morgan fingerprint density at radius 3 is 0.870 bits per heavy atom. The number of aliphatic hydroxyl groups excluding tert-OH is 3. The average Bonchev–Trinajstić information content (AvgIpc) is 3.30. The zero-order valence-electron chi connectivity index (χ0n) is 42.3. The van der Waals surface area contributed by atoms with Crippen molar-refractivity contribution in [1.82, 2.24) is 39.2 Å². The maximum absolute atomic E-state index is 12.0. The summed E-state index contributed by atoms with van der Waals surface area (Å²) in [6, 6.07) is 0. The lowest BCUT2D eigenvalue weighted by atomic mass is 10.3. The van der Waals surface area contributed by atoms with Crippen LogP contribution in [-0.4, -0.2) is 369 Å². The van der Waals surface area contributed by atoms with E-state index in [1.165, 1.54) is 4.90 Å². The van der Waals surface area contributed by atoms with E-state index >= 15 is 0 Å². The van der Waals surface area contributed by atoms with E-state index in [0.717, 1.165) is 67.1 Å². The van der Waals surface area contributed by atoms with Gasteiger partial charge in [0.05, 0.1) is 83.7 Å². The molecule has 0 radical (unpaired) electrons. The van der Waals surface area contributed by atoms with Crippen molar-refractivity contribution in [2.75, 3.05) is 194 Å². The van der Waals surface area contributed by atoms with Crippen molar-refractivity contribution < 1.29 is 120 Å². The van der Waals surface area contributed by atoms with E-state index in [1.54, 1.807) is 0 Å². The summed E-state index contributed by atoms with van der Waals surface area (Å²) in [5, 5.41) is 87.2. The van der Waals surface area contributed by atoms with Gasteiger partial charge in [-0.25, -0.2) is 0 Å². The second-order valence-corrected chi connectivity index (χ2v) is 21.1. The largest absolute Gasteiger partial charge is 0.480 e. The summed E-state index contributed by atoms with van der Waals surface area (Å²) < 4.78 is 64.3. The van der Waals surface area contributed by atoms with Gasteiger partial charge in [-0.1, -0.05) is 0 Å². The minimum atomic E-state index is -3.84. The first-order valence-corrected chi connectivity index (χ1v) is 27.7. The van der Waals surface area contributed by atoms with Crippen LogP contribution in [0.1, 0.15) is 0 Å². The molecular formula is C40H76N8O25S4. The van der Waals surface area contributed by atoms with Crippen molar-refractivity contribution >= 4 is 93.2 Å². The van der Waals surface area contributed by atoms with Crippen molar-refractivity contribution in [3.8, 4) is 0 Å². The lowest BCUT2D eigenvalue weighted by Crippen LogP contribution is -2.48. The van der Waals surface area contributed by atoms with Crippen molar-refractivity contribution in [3.05, 3.63) is 0 Å². The molecule has 2 saturated heterocycles. The van der Waals surface area contributed by atoms with Crippen LogP contribution in [0.4, 0.5) is 0 Å². The maximum Gasteiger partial charge on any atom is 0.320 e. The topological polar surface area (TPSA) is 483 Å². The number of aliphatic hydroxyl groups is 3. The quantitative estimate of drug-likeness (QED) is 0.0157. The summed E-state index contributed by atoms with van der Waals surface area (Å²) in [4.78, 5) is 99.4. The van der Waals surface area contributed by atoms with Gasteiger partial charge < -0.3 is 55.8 Å². The van der Waals surface area contributed by atoms with Crippen molar-refractivity contribution in [2.24, 2.45) is 0 Å². The van der Waals surface area contributed by atoms with Gasteiger partial charge in [0.2, 0.25) is 0 Å². The summed E-state index contributed by atoms with van der Waals surface area (Å²) in [6.07, 6.45) is -0.916. The number of carbonyl (C=O) groups is 8. The monoisotopic (exact) mass is 1200 g/mol. The molecule has 77 heavy (non-hydrogen) atoms. The molecule has 0 saturated carbocycles. The van der Waals surface area contributed by atoms with Crippen LogP contribution < -0.4 is 0 Å². The number of β-amino-alcohol motifs (C(OH)–C–C–N with tert-alkyl or cyclic N) is 2. The molecule has 2 aliphatic heterocycles. The van der Waals surface area contributed by atoms with Crippen LogP contribution in [0.15, 0.2) is 0 Å². The molecule has 0 spiro atoms. The molecule has 450 valence electrons. The number of carbonyl (C=O) groups excluding carboxylic acids is 1. The van der Waals surface area contributed by atoms with E-state index in [4.69, 9.17) is 59.8 Å². The standard InChI is InChI=1S/C14H24N2O9S2.C10H16N2O8.2C8H18N2O4S/c17-7-9(10(27)8-26)25-14(24)6-16(5-13(22)23)2-1-15(3-11(18)19)4-12(20)21;13-7(14)3-11(4-8(15)16)1-2-12(5-9(17)18)6-10(19)20;2*11-7-5-9-1-3-10(4-2-9)6-8-15(12,13)14/h9-10,17,26-27H,1-8H2,(H,18,19)(H,20,21)(H,22,23);1-6H2,(H,13,14)(H,15,16)(H,17,18)(H,19,20);2*11H,1-8H2,(H,12,13,14)/t9-,10-;;;/m1.../s1. The zero-order chi connectivity index (χ0) is 59.3. The zero-order valence-corrected chi connectivity index (χ0v) is 45.8. The van der Waals surface area contributed by atoms with Crippen LogP contribution in [0, 0.1) is 0 Å². The number of nitrogens with zero attached hydrogens (tertiary/aromatic N) is 8. The van der Waals surface area contributed by atoms with Gasteiger partial charge in [-0.15, -0.1) is 0 Å². The van der Waals surface area contributed by atoms with Crippen LogP contribution >= 0.6 is 25.3 Å². The fourth-order valence-corrected chi connectivity index (χ4v) is 8.12. The van der Waals surface area contributed by atoms with Crippen molar-refractivity contribution in [3.63, 3.8) is 0 Å². The molecule has 2 atom stereocenters. The van der Waals surface area contributed by atoms with Crippen LogP contribution in [0.25, 0.3) is 0 Å². The van der Waals surface area contributed by atoms with Crippen LogP contribution in [0.3, 0.4) is 0 Å². The van der Waals surface area contributed by atoms with Gasteiger partial charge in [-0.3, -0.25) is 86.7 Å². The second-order valence-electron chi connectivity index (χ2n) is 16.9. The van der Waals surface area contributed by atoms with Gasteiger partial charge in [0.25, 0.3) is 20.2 Å². The molecule has 12 N–H and O–H groups in total. The molecule has 0 aromatic heterocycles. The van der Waals surface area contributed by atoms with Crippen molar-refractivity contribution in [2.45, 2.75) is 11.4 Å². The minimum absolute atomic E-state index is 0.0703. The Bertz CT molecular complexity index is 1860. The number of hydrogen-bond donors (Lipinski definition) is 14. The third-order valence-corrected chi connectivity index (χ3v) is 13.1. The van der Waals surface area contributed by atoms with Gasteiger partial charge in [0.1, 0.15) is 6.10 Å². The van der Waals surface area contributed by atoms with Gasteiger partial charge in [0.15, 0.2) is 0 Å². The van der Waals surface area contributed by atoms with Gasteiger partial charge in [-0.05, 0) is 0 Å². The highest BCUT2D eigenvalue weighted by molar-refractivity contribution is 7.86. The molecule has 2 rings (SSSR count). The number of aliphatic carboxylic acids is 7. The van der Waals surface area contributed by atoms with Crippen LogP contribution in [0.2, 0.25) is 0 Å². The van der Waals surface area contributed by atoms with E-state index in [9.17, 15) is 60.3 Å². The number of esters is 1. The highest BCUT2D eigenvalue weighted by Crippen LogP contribution is 2.09. The molecule has 0 amide bonds. The predicted octanol–water partition coefficient (Wildman–Crippen LogP) is -7.13. The third kappa shape index (κ3) is 45.4. The number of thiol groups is 2. The lowest BCUT2D eigenvalue weighted by Gasteiger charge is -2.33. The maximum atomic E-state index is 12.0. The molecule has 2 fully saturated rings. The fraction of sp³-hybridized carbons (Fsp3) is 0.800. The van der Waals surface area contributed by atoms with E-state index in [2.05, 4.69) is 35.1 Å². The van der Waals surface area contributed by atoms with Crippen LogP contribution in [0.5, 0.6) is 0 Å². The first-order valence-electron chi connectivity index (χ1n) is 23.3. The molecule has 0 aliphatic carbocycles. The average molecular weight is 1200 g/mol. The van der Waals surface area contributed by atoms with E-state index in [1.807, 2.05) is 9.80 Å². The summed E-state index contributed by atoms with van der Waals surface area (Å²) in [7, 11) is -7.69. The molecular weight excluding hydrogens is 1120 g/mol.